The van der Waals surface area contributed by atoms with Gasteiger partial charge in [-0.2, -0.15) is 0 Å². The number of halogens is 1. The minimum atomic E-state index is -1.04. The number of carbonyl (C=O) groups is 2. The minimum absolute atomic E-state index is 0.0223. The van der Waals surface area contributed by atoms with Crippen molar-refractivity contribution >= 4 is 29.1 Å². The highest BCUT2D eigenvalue weighted by atomic mass is 35.5. The molecule has 0 bridgehead atoms. The average molecular weight is 327 g/mol. The van der Waals surface area contributed by atoms with Crippen LogP contribution < -0.4 is 10.6 Å². The lowest BCUT2D eigenvalue weighted by molar-refractivity contribution is -0.136. The number of hydrogen-bond donors (Lipinski definition) is 3. The quantitative estimate of drug-likeness (QED) is 0.703. The summed E-state index contributed by atoms with van der Waals surface area (Å²) in [4.78, 5) is 23.6. The van der Waals surface area contributed by atoms with Crippen LogP contribution in [0.1, 0.15) is 33.6 Å². The van der Waals surface area contributed by atoms with E-state index in [9.17, 15) is 14.7 Å². The number of benzene rings is 1. The van der Waals surface area contributed by atoms with Crippen LogP contribution in [0.5, 0.6) is 0 Å². The third-order valence-electron chi connectivity index (χ3n) is 3.22. The molecule has 3 N–H and O–H groups in total. The Bertz CT molecular complexity index is 530. The Morgan fingerprint density at radius 1 is 1.27 bits per heavy atom. The SMILES string of the molecule is CC(C)CCC(C)(O)CNC(=O)C(=O)Nc1ccccc1Cl. The van der Waals surface area contributed by atoms with E-state index in [1.54, 1.807) is 31.2 Å². The molecule has 1 unspecified atom stereocenters. The van der Waals surface area contributed by atoms with Crippen LogP contribution >= 0.6 is 11.6 Å². The summed E-state index contributed by atoms with van der Waals surface area (Å²) in [6.07, 6.45) is 1.39. The smallest absolute Gasteiger partial charge is 0.313 e. The molecular formula is C16H23ClN2O3. The Morgan fingerprint density at radius 2 is 1.91 bits per heavy atom. The fraction of sp³-hybridized carbons (Fsp3) is 0.500. The first-order valence-corrected chi connectivity index (χ1v) is 7.65. The summed E-state index contributed by atoms with van der Waals surface area (Å²) >= 11 is 5.91. The van der Waals surface area contributed by atoms with Crippen LogP contribution in [0.4, 0.5) is 5.69 Å². The highest BCUT2D eigenvalue weighted by molar-refractivity contribution is 6.41. The van der Waals surface area contributed by atoms with E-state index in [1.165, 1.54) is 0 Å². The molecule has 1 aromatic rings. The van der Waals surface area contributed by atoms with E-state index >= 15 is 0 Å². The first-order valence-electron chi connectivity index (χ1n) is 7.27. The minimum Gasteiger partial charge on any atom is -0.388 e. The lowest BCUT2D eigenvalue weighted by Gasteiger charge is -2.24. The molecule has 0 aliphatic rings. The van der Waals surface area contributed by atoms with Gasteiger partial charge in [-0.3, -0.25) is 9.59 Å². The van der Waals surface area contributed by atoms with Crippen molar-refractivity contribution in [3.8, 4) is 0 Å². The normalized spacial score (nSPS) is 13.5. The number of anilines is 1. The van der Waals surface area contributed by atoms with E-state index in [0.717, 1.165) is 6.42 Å². The summed E-state index contributed by atoms with van der Waals surface area (Å²) in [6.45, 7) is 5.79. The van der Waals surface area contributed by atoms with Crippen molar-refractivity contribution in [1.82, 2.24) is 5.32 Å². The second kappa shape index (κ2) is 8.15. The molecule has 1 atom stereocenters. The molecule has 122 valence electrons. The summed E-state index contributed by atoms with van der Waals surface area (Å²) in [6, 6.07) is 6.65. The zero-order chi connectivity index (χ0) is 16.8. The monoisotopic (exact) mass is 326 g/mol. The fourth-order valence-corrected chi connectivity index (χ4v) is 1.96. The Balaban J connectivity index is 2.48. The lowest BCUT2D eigenvalue weighted by Crippen LogP contribution is -2.44. The Labute approximate surface area is 136 Å². The second-order valence-corrected chi connectivity index (χ2v) is 6.45. The van der Waals surface area contributed by atoms with E-state index in [0.29, 0.717) is 23.0 Å². The first kappa shape index (κ1) is 18.5. The molecule has 6 heteroatoms. The van der Waals surface area contributed by atoms with Gasteiger partial charge in [0.2, 0.25) is 0 Å². The van der Waals surface area contributed by atoms with E-state index < -0.39 is 17.4 Å². The predicted molar refractivity (Wildman–Crippen MR) is 87.8 cm³/mol. The summed E-state index contributed by atoms with van der Waals surface area (Å²) in [5.74, 6) is -1.15. The molecule has 0 aliphatic carbocycles. The zero-order valence-electron chi connectivity index (χ0n) is 13.1. The summed E-state index contributed by atoms with van der Waals surface area (Å²) in [7, 11) is 0. The van der Waals surface area contributed by atoms with Crippen molar-refractivity contribution in [2.24, 2.45) is 5.92 Å². The first-order chi connectivity index (χ1) is 10.2. The van der Waals surface area contributed by atoms with Crippen molar-refractivity contribution in [2.45, 2.75) is 39.2 Å². The number of aliphatic hydroxyl groups is 1. The predicted octanol–water partition coefficient (Wildman–Crippen LogP) is 2.58. The van der Waals surface area contributed by atoms with Crippen LogP contribution in [0.3, 0.4) is 0 Å². The van der Waals surface area contributed by atoms with Gasteiger partial charge in [-0.25, -0.2) is 0 Å². The molecule has 0 spiro atoms. The van der Waals surface area contributed by atoms with E-state index in [1.807, 2.05) is 0 Å². The van der Waals surface area contributed by atoms with Crippen LogP contribution in [-0.2, 0) is 9.59 Å². The molecule has 2 amide bonds. The van der Waals surface area contributed by atoms with Gasteiger partial charge < -0.3 is 15.7 Å². The standard InChI is InChI=1S/C16H23ClN2O3/c1-11(2)8-9-16(3,22)10-18-14(20)15(21)19-13-7-5-4-6-12(13)17/h4-7,11,22H,8-10H2,1-3H3,(H,18,20)(H,19,21). The third kappa shape index (κ3) is 6.45. The molecule has 0 fully saturated rings. The van der Waals surface area contributed by atoms with Crippen LogP contribution in [0.15, 0.2) is 24.3 Å². The van der Waals surface area contributed by atoms with Crippen LogP contribution in [-0.4, -0.2) is 29.1 Å². The number of hydrogen-bond acceptors (Lipinski definition) is 3. The van der Waals surface area contributed by atoms with Crippen LogP contribution in [0.2, 0.25) is 5.02 Å². The number of nitrogens with one attached hydrogen (secondary N) is 2. The molecular weight excluding hydrogens is 304 g/mol. The molecule has 0 aliphatic heterocycles. The number of carbonyl (C=O) groups excluding carboxylic acids is 2. The van der Waals surface area contributed by atoms with Gasteiger partial charge in [0.25, 0.3) is 0 Å². The Morgan fingerprint density at radius 3 is 2.50 bits per heavy atom. The molecule has 1 aromatic carbocycles. The topological polar surface area (TPSA) is 78.4 Å². The maximum Gasteiger partial charge on any atom is 0.313 e. The third-order valence-corrected chi connectivity index (χ3v) is 3.55. The van der Waals surface area contributed by atoms with Crippen molar-refractivity contribution in [2.75, 3.05) is 11.9 Å². The van der Waals surface area contributed by atoms with Gasteiger partial charge >= 0.3 is 11.8 Å². The summed E-state index contributed by atoms with van der Waals surface area (Å²) in [5.41, 5.74) is -0.666. The van der Waals surface area contributed by atoms with Crippen LogP contribution in [0, 0.1) is 5.92 Å². The van der Waals surface area contributed by atoms with E-state index in [2.05, 4.69) is 24.5 Å². The van der Waals surface area contributed by atoms with Crippen molar-refractivity contribution < 1.29 is 14.7 Å². The van der Waals surface area contributed by atoms with Gasteiger partial charge in [0.05, 0.1) is 16.3 Å². The molecule has 1 rings (SSSR count). The van der Waals surface area contributed by atoms with Gasteiger partial charge in [0, 0.05) is 6.54 Å². The Hall–Kier alpha value is -1.59. The highest BCUT2D eigenvalue weighted by Gasteiger charge is 2.23. The van der Waals surface area contributed by atoms with Gasteiger partial charge in [-0.05, 0) is 37.8 Å². The van der Waals surface area contributed by atoms with Gasteiger partial charge in [0.1, 0.15) is 0 Å². The average Bonchev–Trinajstić information content (AvgIpc) is 2.45. The maximum atomic E-state index is 11.8. The van der Waals surface area contributed by atoms with Crippen molar-refractivity contribution in [3.63, 3.8) is 0 Å². The lowest BCUT2D eigenvalue weighted by atomic mass is 9.95. The largest absolute Gasteiger partial charge is 0.388 e. The number of amides is 2. The second-order valence-electron chi connectivity index (χ2n) is 6.05. The summed E-state index contributed by atoms with van der Waals surface area (Å²) < 4.78 is 0. The van der Waals surface area contributed by atoms with Crippen molar-refractivity contribution in [3.05, 3.63) is 29.3 Å². The van der Waals surface area contributed by atoms with Crippen molar-refractivity contribution in [1.29, 1.82) is 0 Å². The molecule has 0 heterocycles. The number of rotatable bonds is 6. The van der Waals surface area contributed by atoms with Gasteiger partial charge in [-0.15, -0.1) is 0 Å². The zero-order valence-corrected chi connectivity index (χ0v) is 13.9. The van der Waals surface area contributed by atoms with Crippen LogP contribution in [0.25, 0.3) is 0 Å². The maximum absolute atomic E-state index is 11.8. The molecule has 0 aromatic heterocycles. The molecule has 22 heavy (non-hydrogen) atoms. The van der Waals surface area contributed by atoms with E-state index in [-0.39, 0.29) is 6.54 Å². The van der Waals surface area contributed by atoms with Gasteiger partial charge in [0.15, 0.2) is 0 Å². The van der Waals surface area contributed by atoms with Gasteiger partial charge in [-0.1, -0.05) is 37.6 Å². The molecule has 0 saturated heterocycles. The summed E-state index contributed by atoms with van der Waals surface area (Å²) in [5, 5.41) is 15.4. The molecule has 5 nitrogen and oxygen atoms in total. The fourth-order valence-electron chi connectivity index (χ4n) is 1.78. The van der Waals surface area contributed by atoms with E-state index in [4.69, 9.17) is 11.6 Å². The Kier molecular flexibility index (Phi) is 6.84. The molecule has 0 radical (unpaired) electrons. The number of para-hydroxylation sites is 1. The highest BCUT2D eigenvalue weighted by Crippen LogP contribution is 2.20. The molecule has 0 saturated carbocycles.